The molecule has 58 heavy (non-hydrogen) atoms. The van der Waals surface area contributed by atoms with Gasteiger partial charge >= 0.3 is 0 Å². The first-order chi connectivity index (χ1) is 28.5. The van der Waals surface area contributed by atoms with Gasteiger partial charge in [0.25, 0.3) is 0 Å². The van der Waals surface area contributed by atoms with Gasteiger partial charge in [-0.3, -0.25) is 0 Å². The van der Waals surface area contributed by atoms with Crippen LogP contribution in [0.5, 0.6) is 0 Å². The highest BCUT2D eigenvalue weighted by Crippen LogP contribution is 2.50. The molecule has 0 atom stereocenters. The summed E-state index contributed by atoms with van der Waals surface area (Å²) in [4.78, 5) is 0. The summed E-state index contributed by atoms with van der Waals surface area (Å²) in [5.41, 5.74) is 16.4. The molecule has 0 unspecified atom stereocenters. The van der Waals surface area contributed by atoms with Crippen LogP contribution in [0, 0.1) is 0 Å². The van der Waals surface area contributed by atoms with E-state index in [2.05, 4.69) is 219 Å². The van der Waals surface area contributed by atoms with Crippen molar-refractivity contribution < 1.29 is 0 Å². The van der Waals surface area contributed by atoms with Crippen LogP contribution in [0.1, 0.15) is 25.0 Å². The van der Waals surface area contributed by atoms with Crippen LogP contribution in [0.25, 0.3) is 104 Å². The van der Waals surface area contributed by atoms with Crippen LogP contribution >= 0.6 is 0 Å². The SMILES string of the molecule is CC1(C)c2ccccc2-c2ccc(-c3ccccc3-c3ccc4c(c3)c3ccccc3n4-c3cccc(-c4ccc5c6ccccc6c6ccccc6c5c4)c3)cc21. The Bertz CT molecular complexity index is 3450. The van der Waals surface area contributed by atoms with Gasteiger partial charge in [0, 0.05) is 21.9 Å². The zero-order chi connectivity index (χ0) is 38.5. The summed E-state index contributed by atoms with van der Waals surface area (Å²) >= 11 is 0. The molecule has 1 heterocycles. The van der Waals surface area contributed by atoms with Crippen LogP contribution in [-0.4, -0.2) is 4.57 Å². The molecule has 1 heteroatoms. The fraction of sp³-hybridized carbons (Fsp3) is 0.0526. The molecule has 0 radical (unpaired) electrons. The molecule has 0 saturated carbocycles. The van der Waals surface area contributed by atoms with Crippen molar-refractivity contribution in [1.82, 2.24) is 4.57 Å². The number of aromatic nitrogens is 1. The van der Waals surface area contributed by atoms with E-state index in [4.69, 9.17) is 0 Å². The Kier molecular flexibility index (Phi) is 7.04. The third kappa shape index (κ3) is 4.77. The molecule has 0 spiro atoms. The predicted octanol–water partition coefficient (Wildman–Crippen LogP) is 15.6. The van der Waals surface area contributed by atoms with Crippen molar-refractivity contribution in [3.63, 3.8) is 0 Å². The van der Waals surface area contributed by atoms with E-state index in [0.717, 1.165) is 5.69 Å². The second-order valence-corrected chi connectivity index (χ2v) is 16.5. The zero-order valence-electron chi connectivity index (χ0n) is 32.5. The second kappa shape index (κ2) is 12.4. The van der Waals surface area contributed by atoms with Crippen molar-refractivity contribution in [3.05, 3.63) is 211 Å². The summed E-state index contributed by atoms with van der Waals surface area (Å²) in [5, 5.41) is 10.3. The molecule has 11 aromatic rings. The van der Waals surface area contributed by atoms with E-state index in [-0.39, 0.29) is 5.41 Å². The van der Waals surface area contributed by atoms with E-state index in [1.165, 1.54) is 110 Å². The van der Waals surface area contributed by atoms with Crippen molar-refractivity contribution in [2.45, 2.75) is 19.3 Å². The average molecular weight is 738 g/mol. The molecule has 0 amide bonds. The van der Waals surface area contributed by atoms with E-state index >= 15 is 0 Å². The lowest BCUT2D eigenvalue weighted by Gasteiger charge is -2.22. The average Bonchev–Trinajstić information content (AvgIpc) is 3.74. The minimum absolute atomic E-state index is 0.0491. The summed E-state index contributed by atoms with van der Waals surface area (Å²) in [7, 11) is 0. The van der Waals surface area contributed by atoms with Gasteiger partial charge in [0.1, 0.15) is 0 Å². The Morgan fingerprint density at radius 1 is 0.293 bits per heavy atom. The predicted molar refractivity (Wildman–Crippen MR) is 247 cm³/mol. The fourth-order valence-electron chi connectivity index (χ4n) is 10.2. The van der Waals surface area contributed by atoms with Crippen LogP contribution in [0.3, 0.4) is 0 Å². The number of fused-ring (bicyclic) bond motifs is 12. The maximum absolute atomic E-state index is 2.44. The minimum atomic E-state index is -0.0491. The Morgan fingerprint density at radius 2 is 0.793 bits per heavy atom. The van der Waals surface area contributed by atoms with Crippen LogP contribution < -0.4 is 0 Å². The maximum atomic E-state index is 2.44. The first-order valence-corrected chi connectivity index (χ1v) is 20.3. The quantitative estimate of drug-likeness (QED) is 0.159. The Morgan fingerprint density at radius 3 is 1.53 bits per heavy atom. The fourth-order valence-corrected chi connectivity index (χ4v) is 10.2. The van der Waals surface area contributed by atoms with Gasteiger partial charge in [0.2, 0.25) is 0 Å². The molecular formula is C57H39N. The van der Waals surface area contributed by atoms with Gasteiger partial charge in [-0.05, 0) is 130 Å². The Balaban J connectivity index is 0.981. The van der Waals surface area contributed by atoms with Gasteiger partial charge in [0.05, 0.1) is 11.0 Å². The number of hydrogen-bond donors (Lipinski definition) is 0. The van der Waals surface area contributed by atoms with Gasteiger partial charge in [-0.25, -0.2) is 0 Å². The summed E-state index contributed by atoms with van der Waals surface area (Å²) in [5.74, 6) is 0. The number of hydrogen-bond acceptors (Lipinski definition) is 0. The standard InChI is InChI=1S/C57H39N/c1-57(2)53-24-11-9-22-48(53)49-30-27-39(35-54(49)57)42-17-4-3-16-41(42)38-28-31-56-52(34-38)50-23-10-12-25-55(50)58(56)40-15-13-14-36(32-40)37-26-29-47-45-20-6-5-18-43(45)44-19-7-8-21-46(44)51(47)33-37/h3-35H,1-2H3. The molecule has 12 rings (SSSR count). The molecule has 272 valence electrons. The Labute approximate surface area is 338 Å². The molecule has 1 aliphatic rings. The third-order valence-corrected chi connectivity index (χ3v) is 13.0. The van der Waals surface area contributed by atoms with Crippen molar-refractivity contribution in [3.8, 4) is 50.2 Å². The smallest absolute Gasteiger partial charge is 0.0541 e. The van der Waals surface area contributed by atoms with Gasteiger partial charge in [-0.2, -0.15) is 0 Å². The molecule has 0 aliphatic heterocycles. The molecule has 0 N–H and O–H groups in total. The molecule has 0 bridgehead atoms. The number of rotatable bonds is 4. The Hall–Kier alpha value is -7.22. The van der Waals surface area contributed by atoms with Crippen LogP contribution in [0.15, 0.2) is 200 Å². The molecule has 1 nitrogen and oxygen atoms in total. The zero-order valence-corrected chi connectivity index (χ0v) is 32.5. The summed E-state index contributed by atoms with van der Waals surface area (Å²) in [6.07, 6.45) is 0. The lowest BCUT2D eigenvalue weighted by molar-refractivity contribution is 0.660. The summed E-state index contributed by atoms with van der Waals surface area (Å²) in [6.45, 7) is 4.72. The monoisotopic (exact) mass is 737 g/mol. The van der Waals surface area contributed by atoms with Crippen molar-refractivity contribution in [2.24, 2.45) is 0 Å². The van der Waals surface area contributed by atoms with Crippen LogP contribution in [0.4, 0.5) is 0 Å². The minimum Gasteiger partial charge on any atom is -0.309 e. The van der Waals surface area contributed by atoms with Crippen LogP contribution in [0.2, 0.25) is 0 Å². The van der Waals surface area contributed by atoms with E-state index in [1.807, 2.05) is 0 Å². The molecule has 1 aromatic heterocycles. The van der Waals surface area contributed by atoms with Crippen molar-refractivity contribution in [2.75, 3.05) is 0 Å². The second-order valence-electron chi connectivity index (χ2n) is 16.5. The maximum Gasteiger partial charge on any atom is 0.0541 e. The summed E-state index contributed by atoms with van der Waals surface area (Å²) in [6, 6.07) is 74.4. The van der Waals surface area contributed by atoms with E-state index in [9.17, 15) is 0 Å². The van der Waals surface area contributed by atoms with E-state index in [0.29, 0.717) is 0 Å². The largest absolute Gasteiger partial charge is 0.309 e. The number of nitrogens with zero attached hydrogens (tertiary/aromatic N) is 1. The van der Waals surface area contributed by atoms with Crippen molar-refractivity contribution in [1.29, 1.82) is 0 Å². The molecule has 10 aromatic carbocycles. The van der Waals surface area contributed by atoms with Gasteiger partial charge in [0.15, 0.2) is 0 Å². The highest BCUT2D eigenvalue weighted by molar-refractivity contribution is 6.25. The van der Waals surface area contributed by atoms with Gasteiger partial charge in [-0.15, -0.1) is 0 Å². The van der Waals surface area contributed by atoms with Crippen molar-refractivity contribution >= 4 is 54.1 Å². The first kappa shape index (κ1) is 33.0. The molecule has 1 aliphatic carbocycles. The molecular weight excluding hydrogens is 699 g/mol. The first-order valence-electron chi connectivity index (χ1n) is 20.3. The molecule has 0 fully saturated rings. The normalized spacial score (nSPS) is 13.1. The van der Waals surface area contributed by atoms with Gasteiger partial charge < -0.3 is 4.57 Å². The molecule has 0 saturated heterocycles. The van der Waals surface area contributed by atoms with Crippen LogP contribution in [-0.2, 0) is 5.41 Å². The topological polar surface area (TPSA) is 4.93 Å². The highest BCUT2D eigenvalue weighted by atomic mass is 15.0. The summed E-state index contributed by atoms with van der Waals surface area (Å²) < 4.78 is 2.44. The van der Waals surface area contributed by atoms with E-state index < -0.39 is 0 Å². The van der Waals surface area contributed by atoms with Gasteiger partial charge in [-0.1, -0.05) is 172 Å². The van der Waals surface area contributed by atoms with E-state index in [1.54, 1.807) is 0 Å². The number of para-hydroxylation sites is 1. The highest BCUT2D eigenvalue weighted by Gasteiger charge is 2.35. The number of benzene rings is 10. The lowest BCUT2D eigenvalue weighted by Crippen LogP contribution is -2.14. The third-order valence-electron chi connectivity index (χ3n) is 13.0. The lowest BCUT2D eigenvalue weighted by atomic mass is 9.81.